The number of fused-ring (bicyclic) bond motifs is 1. The summed E-state index contributed by atoms with van der Waals surface area (Å²) >= 11 is 0. The third-order valence-corrected chi connectivity index (χ3v) is 4.18. The lowest BCUT2D eigenvalue weighted by atomic mass is 10.0. The minimum atomic E-state index is -0.609. The Morgan fingerprint density at radius 1 is 1.17 bits per heavy atom. The average molecular weight is 311 g/mol. The number of carbonyl (C=O) groups excluding carboxylic acids is 1. The SMILES string of the molecule is CO[C@@H](C(=O)N[C@@H](C)[C@H]1Cc2ccccc2O1)c1ccccc1. The number of hydrogen-bond acceptors (Lipinski definition) is 3. The zero-order valence-electron chi connectivity index (χ0n) is 13.4. The minimum Gasteiger partial charge on any atom is -0.488 e. The minimum absolute atomic E-state index is 0.0513. The molecule has 1 aliphatic heterocycles. The number of rotatable bonds is 5. The predicted molar refractivity (Wildman–Crippen MR) is 88.4 cm³/mol. The molecule has 1 amide bonds. The number of ether oxygens (including phenoxy) is 2. The van der Waals surface area contributed by atoms with E-state index in [1.807, 2.05) is 55.5 Å². The number of amides is 1. The van der Waals surface area contributed by atoms with E-state index >= 15 is 0 Å². The van der Waals surface area contributed by atoms with Gasteiger partial charge < -0.3 is 14.8 Å². The van der Waals surface area contributed by atoms with Crippen molar-refractivity contribution in [3.8, 4) is 5.75 Å². The molecule has 1 heterocycles. The van der Waals surface area contributed by atoms with E-state index in [9.17, 15) is 4.79 Å². The van der Waals surface area contributed by atoms with Crippen LogP contribution in [-0.4, -0.2) is 25.2 Å². The van der Waals surface area contributed by atoms with Crippen LogP contribution in [0.3, 0.4) is 0 Å². The van der Waals surface area contributed by atoms with Gasteiger partial charge in [-0.25, -0.2) is 0 Å². The quantitative estimate of drug-likeness (QED) is 0.923. The summed E-state index contributed by atoms with van der Waals surface area (Å²) in [6.45, 7) is 1.96. The Morgan fingerprint density at radius 2 is 1.87 bits per heavy atom. The Hall–Kier alpha value is -2.33. The van der Waals surface area contributed by atoms with Crippen LogP contribution in [0.5, 0.6) is 5.75 Å². The van der Waals surface area contributed by atoms with E-state index in [0.717, 1.165) is 17.7 Å². The van der Waals surface area contributed by atoms with Gasteiger partial charge in [0.15, 0.2) is 6.10 Å². The Bertz CT molecular complexity index is 646. The van der Waals surface area contributed by atoms with E-state index in [0.29, 0.717) is 0 Å². The summed E-state index contributed by atoms with van der Waals surface area (Å²) in [4.78, 5) is 12.5. The number of benzene rings is 2. The fourth-order valence-electron chi connectivity index (χ4n) is 2.90. The maximum absolute atomic E-state index is 12.5. The molecule has 4 heteroatoms. The van der Waals surface area contributed by atoms with Crippen molar-refractivity contribution in [3.05, 3.63) is 65.7 Å². The van der Waals surface area contributed by atoms with E-state index in [2.05, 4.69) is 11.4 Å². The molecule has 0 aromatic heterocycles. The van der Waals surface area contributed by atoms with Crippen molar-refractivity contribution >= 4 is 5.91 Å². The predicted octanol–water partition coefficient (Wildman–Crippen LogP) is 2.88. The molecule has 0 aliphatic carbocycles. The van der Waals surface area contributed by atoms with E-state index < -0.39 is 6.10 Å². The van der Waals surface area contributed by atoms with E-state index in [4.69, 9.17) is 9.47 Å². The van der Waals surface area contributed by atoms with Gasteiger partial charge in [0.25, 0.3) is 5.91 Å². The molecule has 3 atom stereocenters. The second-order valence-electron chi connectivity index (χ2n) is 5.79. The molecule has 120 valence electrons. The first-order chi connectivity index (χ1) is 11.2. The maximum Gasteiger partial charge on any atom is 0.254 e. The highest BCUT2D eigenvalue weighted by Crippen LogP contribution is 2.29. The van der Waals surface area contributed by atoms with Crippen LogP contribution in [0.25, 0.3) is 0 Å². The largest absolute Gasteiger partial charge is 0.488 e. The van der Waals surface area contributed by atoms with Crippen molar-refractivity contribution in [2.45, 2.75) is 31.6 Å². The molecule has 0 saturated heterocycles. The van der Waals surface area contributed by atoms with Gasteiger partial charge in [0, 0.05) is 13.5 Å². The van der Waals surface area contributed by atoms with Crippen molar-refractivity contribution in [1.29, 1.82) is 0 Å². The van der Waals surface area contributed by atoms with Gasteiger partial charge in [0.2, 0.25) is 0 Å². The summed E-state index contributed by atoms with van der Waals surface area (Å²) < 4.78 is 11.3. The summed E-state index contributed by atoms with van der Waals surface area (Å²) in [5.74, 6) is 0.760. The second kappa shape index (κ2) is 6.84. The van der Waals surface area contributed by atoms with Crippen LogP contribution in [0.15, 0.2) is 54.6 Å². The van der Waals surface area contributed by atoms with Crippen molar-refractivity contribution in [3.63, 3.8) is 0 Å². The molecular weight excluding hydrogens is 290 g/mol. The first-order valence-electron chi connectivity index (χ1n) is 7.81. The van der Waals surface area contributed by atoms with Gasteiger partial charge in [-0.05, 0) is 24.1 Å². The number of para-hydroxylation sites is 1. The van der Waals surface area contributed by atoms with Crippen LogP contribution in [-0.2, 0) is 16.0 Å². The molecule has 0 saturated carbocycles. The van der Waals surface area contributed by atoms with E-state index in [-0.39, 0.29) is 18.1 Å². The van der Waals surface area contributed by atoms with Crippen molar-refractivity contribution in [1.82, 2.24) is 5.32 Å². The number of hydrogen-bond donors (Lipinski definition) is 1. The van der Waals surface area contributed by atoms with Crippen molar-refractivity contribution in [2.24, 2.45) is 0 Å². The summed E-state index contributed by atoms with van der Waals surface area (Å²) in [5.41, 5.74) is 2.03. The van der Waals surface area contributed by atoms with Crippen LogP contribution in [0.2, 0.25) is 0 Å². The van der Waals surface area contributed by atoms with E-state index in [1.54, 1.807) is 7.11 Å². The van der Waals surface area contributed by atoms with Crippen LogP contribution in [0.1, 0.15) is 24.2 Å². The second-order valence-corrected chi connectivity index (χ2v) is 5.79. The topological polar surface area (TPSA) is 47.6 Å². The summed E-state index contributed by atoms with van der Waals surface area (Å²) in [6.07, 6.45) is 0.146. The molecule has 0 unspecified atom stereocenters. The lowest BCUT2D eigenvalue weighted by Crippen LogP contribution is -2.45. The van der Waals surface area contributed by atoms with Gasteiger partial charge in [-0.15, -0.1) is 0 Å². The van der Waals surface area contributed by atoms with Crippen LogP contribution >= 0.6 is 0 Å². The highest BCUT2D eigenvalue weighted by atomic mass is 16.5. The number of carbonyl (C=O) groups is 1. The summed E-state index contributed by atoms with van der Waals surface area (Å²) in [6, 6.07) is 17.4. The molecule has 0 radical (unpaired) electrons. The van der Waals surface area contributed by atoms with Crippen LogP contribution in [0, 0.1) is 0 Å². The average Bonchev–Trinajstić information content (AvgIpc) is 3.01. The molecule has 4 nitrogen and oxygen atoms in total. The van der Waals surface area contributed by atoms with Gasteiger partial charge in [-0.1, -0.05) is 48.5 Å². The number of methoxy groups -OCH3 is 1. The van der Waals surface area contributed by atoms with Gasteiger partial charge in [0.1, 0.15) is 11.9 Å². The molecule has 0 fully saturated rings. The Labute approximate surface area is 136 Å². The molecule has 23 heavy (non-hydrogen) atoms. The zero-order chi connectivity index (χ0) is 16.2. The third kappa shape index (κ3) is 3.37. The standard InChI is InChI=1S/C19H21NO3/c1-13(17-12-15-10-6-7-11-16(15)23-17)20-19(21)18(22-2)14-8-4-3-5-9-14/h3-11,13,17-18H,12H2,1-2H3,(H,20,21)/t13-,17+,18+/m0/s1. The monoisotopic (exact) mass is 311 g/mol. The Morgan fingerprint density at radius 3 is 2.57 bits per heavy atom. The lowest BCUT2D eigenvalue weighted by molar-refractivity contribution is -0.132. The molecule has 2 aromatic rings. The fraction of sp³-hybridized carbons (Fsp3) is 0.316. The molecule has 1 N–H and O–H groups in total. The first-order valence-corrected chi connectivity index (χ1v) is 7.81. The summed E-state index contributed by atoms with van der Waals surface area (Å²) in [7, 11) is 1.55. The third-order valence-electron chi connectivity index (χ3n) is 4.18. The summed E-state index contributed by atoms with van der Waals surface area (Å²) in [5, 5.41) is 3.02. The van der Waals surface area contributed by atoms with Crippen molar-refractivity contribution in [2.75, 3.05) is 7.11 Å². The molecule has 1 aliphatic rings. The number of nitrogens with one attached hydrogen (secondary N) is 1. The Balaban J connectivity index is 1.64. The van der Waals surface area contributed by atoms with Gasteiger partial charge in [-0.2, -0.15) is 0 Å². The smallest absolute Gasteiger partial charge is 0.254 e. The van der Waals surface area contributed by atoms with Gasteiger partial charge >= 0.3 is 0 Å². The molecule has 2 aromatic carbocycles. The van der Waals surface area contributed by atoms with Crippen molar-refractivity contribution < 1.29 is 14.3 Å². The molecule has 0 spiro atoms. The zero-order valence-corrected chi connectivity index (χ0v) is 13.4. The Kier molecular flexibility index (Phi) is 4.63. The van der Waals surface area contributed by atoms with Crippen LogP contribution < -0.4 is 10.1 Å². The van der Waals surface area contributed by atoms with Crippen LogP contribution in [0.4, 0.5) is 0 Å². The normalized spacial score (nSPS) is 18.6. The lowest BCUT2D eigenvalue weighted by Gasteiger charge is -2.23. The highest BCUT2D eigenvalue weighted by Gasteiger charge is 2.30. The fourth-order valence-corrected chi connectivity index (χ4v) is 2.90. The highest BCUT2D eigenvalue weighted by molar-refractivity contribution is 5.82. The van der Waals surface area contributed by atoms with Gasteiger partial charge in [0.05, 0.1) is 6.04 Å². The molecule has 0 bridgehead atoms. The first kappa shape index (κ1) is 15.6. The molecular formula is C19H21NO3. The van der Waals surface area contributed by atoms with Gasteiger partial charge in [-0.3, -0.25) is 4.79 Å². The maximum atomic E-state index is 12.5. The molecule has 3 rings (SSSR count). The van der Waals surface area contributed by atoms with E-state index in [1.165, 1.54) is 5.56 Å².